The molecule has 0 heterocycles. The number of likely N-dealkylation sites (N-methyl/N-ethyl adjacent to an activating group) is 2. The van der Waals surface area contributed by atoms with Crippen molar-refractivity contribution >= 4 is 0 Å². The molecule has 0 fully saturated rings. The second-order valence-corrected chi connectivity index (χ2v) is 4.94. The molecular weight excluding hydrogens is 220 g/mol. The summed E-state index contributed by atoms with van der Waals surface area (Å²) in [6.07, 6.45) is 0. The van der Waals surface area contributed by atoms with E-state index in [2.05, 4.69) is 63.0 Å². The van der Waals surface area contributed by atoms with Crippen molar-refractivity contribution < 1.29 is 0 Å². The van der Waals surface area contributed by atoms with E-state index in [1.54, 1.807) is 0 Å². The van der Waals surface area contributed by atoms with E-state index in [0.717, 1.165) is 26.2 Å². The smallest absolute Gasteiger partial charge is 0.0449 e. The van der Waals surface area contributed by atoms with E-state index >= 15 is 0 Å². The number of hydrogen-bond donors (Lipinski definition) is 1. The van der Waals surface area contributed by atoms with Crippen molar-refractivity contribution in [2.45, 2.75) is 40.7 Å². The molecule has 0 aromatic heterocycles. The lowest BCUT2D eigenvalue weighted by molar-refractivity contribution is 0.267. The summed E-state index contributed by atoms with van der Waals surface area (Å²) in [6.45, 7) is 15.3. The second kappa shape index (κ2) is 7.55. The first-order valence-electron chi connectivity index (χ1n) is 7.15. The van der Waals surface area contributed by atoms with Gasteiger partial charge in [0.05, 0.1) is 0 Å². The van der Waals surface area contributed by atoms with Gasteiger partial charge in [0.2, 0.25) is 0 Å². The van der Waals surface area contributed by atoms with Gasteiger partial charge >= 0.3 is 0 Å². The summed E-state index contributed by atoms with van der Waals surface area (Å²) >= 11 is 0. The molecular formula is C16H28N2. The zero-order valence-corrected chi connectivity index (χ0v) is 12.6. The Morgan fingerprint density at radius 3 is 2.22 bits per heavy atom. The third-order valence-electron chi connectivity index (χ3n) is 3.72. The second-order valence-electron chi connectivity index (χ2n) is 4.94. The molecule has 0 aliphatic heterocycles. The predicted octanol–water partition coefficient (Wildman–Crippen LogP) is 3.30. The van der Waals surface area contributed by atoms with Crippen molar-refractivity contribution in [3.05, 3.63) is 34.9 Å². The Morgan fingerprint density at radius 1 is 1.06 bits per heavy atom. The molecule has 0 saturated heterocycles. The summed E-state index contributed by atoms with van der Waals surface area (Å²) in [4.78, 5) is 2.47. The third-order valence-corrected chi connectivity index (χ3v) is 3.72. The molecule has 0 saturated carbocycles. The highest BCUT2D eigenvalue weighted by molar-refractivity contribution is 5.31. The highest BCUT2D eigenvalue weighted by Gasteiger charge is 2.13. The predicted molar refractivity (Wildman–Crippen MR) is 80.1 cm³/mol. The van der Waals surface area contributed by atoms with E-state index in [9.17, 15) is 0 Å². The molecule has 2 nitrogen and oxygen atoms in total. The maximum atomic E-state index is 3.60. The first-order valence-corrected chi connectivity index (χ1v) is 7.15. The molecule has 1 aromatic rings. The summed E-state index contributed by atoms with van der Waals surface area (Å²) in [5.41, 5.74) is 4.17. The number of hydrogen-bond acceptors (Lipinski definition) is 2. The molecule has 1 unspecified atom stereocenters. The third kappa shape index (κ3) is 4.11. The maximum absolute atomic E-state index is 3.60. The van der Waals surface area contributed by atoms with Crippen LogP contribution in [-0.4, -0.2) is 31.1 Å². The van der Waals surface area contributed by atoms with Gasteiger partial charge in [0.1, 0.15) is 0 Å². The van der Waals surface area contributed by atoms with Crippen LogP contribution in [0.1, 0.15) is 43.5 Å². The van der Waals surface area contributed by atoms with Gasteiger partial charge in [0.15, 0.2) is 0 Å². The Balaban J connectivity index is 2.85. The molecule has 102 valence electrons. The Morgan fingerprint density at radius 2 is 1.72 bits per heavy atom. The van der Waals surface area contributed by atoms with Crippen LogP contribution >= 0.6 is 0 Å². The van der Waals surface area contributed by atoms with Crippen LogP contribution < -0.4 is 5.32 Å². The standard InChI is InChI=1S/C16H28N2/c1-6-17-16(12-18(7-2)8-3)15-10-9-13(4)14(5)11-15/h9-11,16-17H,6-8,12H2,1-5H3. The van der Waals surface area contributed by atoms with Crippen LogP contribution in [0.2, 0.25) is 0 Å². The zero-order chi connectivity index (χ0) is 13.5. The Bertz CT molecular complexity index is 356. The van der Waals surface area contributed by atoms with Gasteiger partial charge < -0.3 is 10.2 Å². The van der Waals surface area contributed by atoms with Crippen molar-refractivity contribution in [1.29, 1.82) is 0 Å². The molecule has 1 rings (SSSR count). The fraction of sp³-hybridized carbons (Fsp3) is 0.625. The average Bonchev–Trinajstić information content (AvgIpc) is 2.38. The maximum Gasteiger partial charge on any atom is 0.0449 e. The lowest BCUT2D eigenvalue weighted by Crippen LogP contribution is -2.35. The summed E-state index contributed by atoms with van der Waals surface area (Å²) in [5.74, 6) is 0. The van der Waals surface area contributed by atoms with Crippen LogP contribution in [0.5, 0.6) is 0 Å². The summed E-state index contributed by atoms with van der Waals surface area (Å²) in [6, 6.07) is 7.26. The first-order chi connectivity index (χ1) is 8.62. The molecule has 1 N–H and O–H groups in total. The van der Waals surface area contributed by atoms with Crippen molar-refractivity contribution in [2.75, 3.05) is 26.2 Å². The lowest BCUT2D eigenvalue weighted by atomic mass is 10.0. The van der Waals surface area contributed by atoms with Crippen LogP contribution in [0.3, 0.4) is 0 Å². The minimum Gasteiger partial charge on any atom is -0.309 e. The summed E-state index contributed by atoms with van der Waals surface area (Å²) in [7, 11) is 0. The highest BCUT2D eigenvalue weighted by Crippen LogP contribution is 2.18. The molecule has 0 bridgehead atoms. The highest BCUT2D eigenvalue weighted by atomic mass is 15.1. The van der Waals surface area contributed by atoms with Crippen LogP contribution in [0.25, 0.3) is 0 Å². The zero-order valence-electron chi connectivity index (χ0n) is 12.6. The van der Waals surface area contributed by atoms with Crippen molar-refractivity contribution in [2.24, 2.45) is 0 Å². The largest absolute Gasteiger partial charge is 0.309 e. The van der Waals surface area contributed by atoms with Gasteiger partial charge in [-0.3, -0.25) is 0 Å². The van der Waals surface area contributed by atoms with E-state index < -0.39 is 0 Å². The topological polar surface area (TPSA) is 15.3 Å². The molecule has 0 amide bonds. The minimum absolute atomic E-state index is 0.439. The van der Waals surface area contributed by atoms with E-state index in [1.165, 1.54) is 16.7 Å². The van der Waals surface area contributed by atoms with Crippen molar-refractivity contribution in [1.82, 2.24) is 10.2 Å². The Hall–Kier alpha value is -0.860. The van der Waals surface area contributed by atoms with Gasteiger partial charge in [-0.1, -0.05) is 39.0 Å². The number of nitrogens with zero attached hydrogens (tertiary/aromatic N) is 1. The monoisotopic (exact) mass is 248 g/mol. The molecule has 1 atom stereocenters. The SMILES string of the molecule is CCNC(CN(CC)CC)c1ccc(C)c(C)c1. The molecule has 0 aliphatic rings. The Kier molecular flexibility index (Phi) is 6.37. The lowest BCUT2D eigenvalue weighted by Gasteiger charge is -2.26. The number of rotatable bonds is 7. The average molecular weight is 248 g/mol. The summed E-state index contributed by atoms with van der Waals surface area (Å²) < 4.78 is 0. The van der Waals surface area contributed by atoms with Gasteiger partial charge in [-0.15, -0.1) is 0 Å². The summed E-state index contributed by atoms with van der Waals surface area (Å²) in [5, 5.41) is 3.60. The molecule has 0 spiro atoms. The van der Waals surface area contributed by atoms with Gasteiger partial charge in [-0.05, 0) is 50.2 Å². The van der Waals surface area contributed by atoms with Gasteiger partial charge in [-0.25, -0.2) is 0 Å². The molecule has 1 aromatic carbocycles. The number of aryl methyl sites for hydroxylation is 2. The van der Waals surface area contributed by atoms with E-state index in [4.69, 9.17) is 0 Å². The van der Waals surface area contributed by atoms with Gasteiger partial charge in [0, 0.05) is 12.6 Å². The van der Waals surface area contributed by atoms with Crippen LogP contribution in [0.15, 0.2) is 18.2 Å². The van der Waals surface area contributed by atoms with E-state index in [-0.39, 0.29) is 0 Å². The fourth-order valence-corrected chi connectivity index (χ4v) is 2.26. The van der Waals surface area contributed by atoms with Crippen molar-refractivity contribution in [3.63, 3.8) is 0 Å². The molecule has 0 aliphatic carbocycles. The molecule has 0 radical (unpaired) electrons. The Labute approximate surface area is 112 Å². The van der Waals surface area contributed by atoms with Crippen LogP contribution in [0, 0.1) is 13.8 Å². The van der Waals surface area contributed by atoms with E-state index in [1.807, 2.05) is 0 Å². The molecule has 2 heteroatoms. The van der Waals surface area contributed by atoms with Crippen molar-refractivity contribution in [3.8, 4) is 0 Å². The normalized spacial score (nSPS) is 13.0. The van der Waals surface area contributed by atoms with Gasteiger partial charge in [-0.2, -0.15) is 0 Å². The number of nitrogens with one attached hydrogen (secondary N) is 1. The first kappa shape index (κ1) is 15.2. The van der Waals surface area contributed by atoms with Crippen LogP contribution in [0.4, 0.5) is 0 Å². The molecule has 18 heavy (non-hydrogen) atoms. The van der Waals surface area contributed by atoms with Gasteiger partial charge in [0.25, 0.3) is 0 Å². The quantitative estimate of drug-likeness (QED) is 0.796. The fourth-order valence-electron chi connectivity index (χ4n) is 2.26. The van der Waals surface area contributed by atoms with Crippen LogP contribution in [-0.2, 0) is 0 Å². The number of benzene rings is 1. The van der Waals surface area contributed by atoms with E-state index in [0.29, 0.717) is 6.04 Å². The minimum atomic E-state index is 0.439.